The minimum Gasteiger partial charge on any atom is -0.387 e. The summed E-state index contributed by atoms with van der Waals surface area (Å²) in [5.41, 5.74) is 0.305. The molecule has 0 unspecified atom stereocenters. The van der Waals surface area contributed by atoms with Gasteiger partial charge in [-0.15, -0.1) is 0 Å². The number of hydrogen-bond acceptors (Lipinski definition) is 0. The summed E-state index contributed by atoms with van der Waals surface area (Å²) in [6, 6.07) is 0. The predicted molar refractivity (Wildman–Crippen MR) is 74.6 cm³/mol. The topological polar surface area (TPSA) is 3.01 Å². The maximum Gasteiger partial charge on any atom is 0.397 e. The van der Waals surface area contributed by atoms with Gasteiger partial charge < -0.3 is 3.91 Å². The Bertz CT molecular complexity index is 231. The highest BCUT2D eigenvalue weighted by Crippen LogP contribution is 2.28. The Morgan fingerprint density at radius 3 is 1.47 bits per heavy atom. The van der Waals surface area contributed by atoms with E-state index in [2.05, 4.69) is 71.3 Å². The van der Waals surface area contributed by atoms with Gasteiger partial charge in [0.05, 0.1) is 0 Å². The number of rotatable bonds is 2. The molecule has 0 spiro atoms. The molecular weight excluding hydrogens is 214 g/mol. The van der Waals surface area contributed by atoms with Gasteiger partial charge in [0.15, 0.2) is 0 Å². The highest BCUT2D eigenvalue weighted by atomic mass is 28.3. The molecule has 0 aliphatic rings. The van der Waals surface area contributed by atoms with Crippen LogP contribution in [0.15, 0.2) is 0 Å². The summed E-state index contributed by atoms with van der Waals surface area (Å²) in [5.74, 6) is 0. The lowest BCUT2D eigenvalue weighted by atomic mass is 10.00. The third-order valence-corrected chi connectivity index (χ3v) is 8.91. The van der Waals surface area contributed by atoms with Crippen molar-refractivity contribution in [3.63, 3.8) is 0 Å². The van der Waals surface area contributed by atoms with Crippen molar-refractivity contribution in [1.82, 2.24) is 0 Å². The van der Waals surface area contributed by atoms with E-state index in [9.17, 15) is 0 Å². The Hall–Kier alpha value is 0.104. The first-order valence-corrected chi connectivity index (χ1v) is 10.1. The summed E-state index contributed by atoms with van der Waals surface area (Å²) in [5, 5.41) is 0.453. The molecule has 88 valence electrons. The fourth-order valence-electron chi connectivity index (χ4n) is 1.31. The third-order valence-electron chi connectivity index (χ3n) is 2.44. The van der Waals surface area contributed by atoms with Crippen molar-refractivity contribution in [1.29, 1.82) is 0 Å². The molecular formula is C12H28NSi2+. The van der Waals surface area contributed by atoms with Crippen LogP contribution in [0, 0.1) is 5.41 Å². The summed E-state index contributed by atoms with van der Waals surface area (Å²) < 4.78 is 2.70. The lowest BCUT2D eigenvalue weighted by Crippen LogP contribution is -2.44. The molecule has 0 amide bonds. The van der Waals surface area contributed by atoms with E-state index in [1.165, 1.54) is 0 Å². The van der Waals surface area contributed by atoms with Crippen molar-refractivity contribution < 1.29 is 3.91 Å². The molecule has 0 aromatic carbocycles. The van der Waals surface area contributed by atoms with Crippen LogP contribution in [0.2, 0.25) is 24.7 Å². The number of nitrogens with zero attached hydrogens (tertiary/aromatic N) is 1. The molecule has 0 aromatic rings. The Kier molecular flexibility index (Phi) is 4.99. The minimum absolute atomic E-state index is 0.305. The molecule has 15 heavy (non-hydrogen) atoms. The van der Waals surface area contributed by atoms with Gasteiger partial charge in [-0.2, -0.15) is 0 Å². The quantitative estimate of drug-likeness (QED) is 0.512. The van der Waals surface area contributed by atoms with Crippen LogP contribution in [0.1, 0.15) is 41.5 Å². The first kappa shape index (κ1) is 15.1. The van der Waals surface area contributed by atoms with Crippen LogP contribution in [0.3, 0.4) is 0 Å². The van der Waals surface area contributed by atoms with Gasteiger partial charge >= 0.3 is 17.9 Å². The maximum atomic E-state index is 2.70. The van der Waals surface area contributed by atoms with Crippen molar-refractivity contribution >= 4 is 24.1 Å². The highest BCUT2D eigenvalue weighted by Gasteiger charge is 2.38. The molecule has 3 heteroatoms. The standard InChI is InChI=1S/C12H28NSi2/c1-11(2,3)10-13(14(7)8)15(9)12(4,5)6/h10H,1-9H3/q+1/b13-10+. The zero-order chi connectivity index (χ0) is 12.4. The van der Waals surface area contributed by atoms with Gasteiger partial charge in [0.2, 0.25) is 0 Å². The second-order valence-corrected chi connectivity index (χ2v) is 12.6. The first-order valence-electron chi connectivity index (χ1n) is 5.74. The van der Waals surface area contributed by atoms with Crippen LogP contribution in [-0.2, 0) is 0 Å². The van der Waals surface area contributed by atoms with Crippen LogP contribution in [-0.4, -0.2) is 28.0 Å². The molecule has 1 nitrogen and oxygen atoms in total. The van der Waals surface area contributed by atoms with E-state index in [4.69, 9.17) is 0 Å². The normalized spacial score (nSPS) is 15.3. The van der Waals surface area contributed by atoms with Crippen molar-refractivity contribution in [2.45, 2.75) is 66.2 Å². The smallest absolute Gasteiger partial charge is 0.387 e. The van der Waals surface area contributed by atoms with E-state index in [1.807, 2.05) is 0 Å². The van der Waals surface area contributed by atoms with E-state index in [0.717, 1.165) is 0 Å². The maximum absolute atomic E-state index is 2.70. The van der Waals surface area contributed by atoms with E-state index in [0.29, 0.717) is 10.5 Å². The molecule has 0 saturated heterocycles. The molecule has 0 N–H and O–H groups in total. The van der Waals surface area contributed by atoms with Crippen LogP contribution in [0.25, 0.3) is 0 Å². The van der Waals surface area contributed by atoms with Gasteiger partial charge in [0.25, 0.3) is 0 Å². The molecule has 0 aliphatic heterocycles. The summed E-state index contributed by atoms with van der Waals surface area (Å²) in [7, 11) is -0.817. The molecule has 0 fully saturated rings. The highest BCUT2D eigenvalue weighted by molar-refractivity contribution is 6.63. The fraction of sp³-hybridized carbons (Fsp3) is 0.917. The van der Waals surface area contributed by atoms with Gasteiger partial charge in [-0.05, 0) is 19.6 Å². The number of hydrogen-bond donors (Lipinski definition) is 0. The Morgan fingerprint density at radius 2 is 1.27 bits per heavy atom. The zero-order valence-electron chi connectivity index (χ0n) is 12.0. The molecule has 0 heterocycles. The van der Waals surface area contributed by atoms with Crippen LogP contribution in [0.4, 0.5) is 0 Å². The van der Waals surface area contributed by atoms with Gasteiger partial charge in [0.1, 0.15) is 6.21 Å². The van der Waals surface area contributed by atoms with Crippen LogP contribution in [0.5, 0.6) is 0 Å². The average Bonchev–Trinajstić information content (AvgIpc) is 1.94. The van der Waals surface area contributed by atoms with Crippen molar-refractivity contribution in [3.8, 4) is 0 Å². The molecule has 0 atom stereocenters. The summed E-state index contributed by atoms with van der Waals surface area (Å²) >= 11 is 0. The largest absolute Gasteiger partial charge is 0.397 e. The third kappa shape index (κ3) is 5.66. The molecule has 0 aliphatic carbocycles. The van der Waals surface area contributed by atoms with Crippen LogP contribution < -0.4 is 0 Å². The summed E-state index contributed by atoms with van der Waals surface area (Å²) in [6.07, 6.45) is 2.47. The summed E-state index contributed by atoms with van der Waals surface area (Å²) in [6.45, 7) is 21.2. The van der Waals surface area contributed by atoms with Gasteiger partial charge in [0, 0.05) is 10.5 Å². The minimum atomic E-state index is -0.453. The molecule has 0 bridgehead atoms. The van der Waals surface area contributed by atoms with E-state index in [1.54, 1.807) is 0 Å². The zero-order valence-corrected chi connectivity index (χ0v) is 14.0. The summed E-state index contributed by atoms with van der Waals surface area (Å²) in [4.78, 5) is 0. The van der Waals surface area contributed by atoms with E-state index in [-0.39, 0.29) is 8.96 Å². The lowest BCUT2D eigenvalue weighted by molar-refractivity contribution is -0.232. The Morgan fingerprint density at radius 1 is 0.867 bits per heavy atom. The van der Waals surface area contributed by atoms with E-state index < -0.39 is 8.96 Å². The first-order chi connectivity index (χ1) is 6.45. The second kappa shape index (κ2) is 4.96. The van der Waals surface area contributed by atoms with Crippen molar-refractivity contribution in [2.75, 3.05) is 0 Å². The predicted octanol–water partition coefficient (Wildman–Crippen LogP) is 3.79. The molecule has 2 radical (unpaired) electrons. The average molecular weight is 243 g/mol. The van der Waals surface area contributed by atoms with Crippen molar-refractivity contribution in [3.05, 3.63) is 0 Å². The SMILES string of the molecule is C[Si](C)/[N+](=C\C(C)(C)C)[Si](C)C(C)(C)C. The van der Waals surface area contributed by atoms with Crippen molar-refractivity contribution in [2.24, 2.45) is 5.41 Å². The van der Waals surface area contributed by atoms with Gasteiger partial charge in [-0.25, -0.2) is 0 Å². The molecule has 0 rings (SSSR count). The monoisotopic (exact) mass is 242 g/mol. The van der Waals surface area contributed by atoms with Gasteiger partial charge in [-0.1, -0.05) is 41.5 Å². The second-order valence-electron chi connectivity index (χ2n) is 6.65. The molecule has 0 saturated carbocycles. The fourth-order valence-corrected chi connectivity index (χ4v) is 6.95. The molecule has 0 aromatic heterocycles. The van der Waals surface area contributed by atoms with Gasteiger partial charge in [-0.3, -0.25) is 0 Å². The van der Waals surface area contributed by atoms with E-state index >= 15 is 0 Å². The Balaban J connectivity index is 5.09. The lowest BCUT2D eigenvalue weighted by Gasteiger charge is -2.25. The Labute approximate surface area is 100.0 Å². The van der Waals surface area contributed by atoms with Crippen LogP contribution >= 0.6 is 0 Å².